The summed E-state index contributed by atoms with van der Waals surface area (Å²) >= 11 is 1.44. The van der Waals surface area contributed by atoms with Crippen molar-refractivity contribution < 1.29 is 4.74 Å². The zero-order valence-electron chi connectivity index (χ0n) is 16.1. The summed E-state index contributed by atoms with van der Waals surface area (Å²) in [6, 6.07) is 19.7. The number of fused-ring (bicyclic) bond motifs is 2. The summed E-state index contributed by atoms with van der Waals surface area (Å²) < 4.78 is 6.08. The average Bonchev–Trinajstić information content (AvgIpc) is 2.77. The molecular weight excluding hydrogens is 394 g/mol. The van der Waals surface area contributed by atoms with E-state index in [2.05, 4.69) is 19.9 Å². The molecule has 3 heterocycles. The van der Waals surface area contributed by atoms with Crippen LogP contribution in [0, 0.1) is 6.92 Å². The predicted octanol–water partition coefficient (Wildman–Crippen LogP) is 5.41. The van der Waals surface area contributed by atoms with Gasteiger partial charge in [-0.25, -0.2) is 9.97 Å². The Balaban J connectivity index is 1.52. The molecule has 0 unspecified atom stereocenters. The number of ether oxygens (including phenoxy) is 1. The molecule has 5 rings (SSSR count). The van der Waals surface area contributed by atoms with Crippen LogP contribution in [-0.2, 0) is 0 Å². The number of nitrogens with zero attached hydrogens (tertiary/aromatic N) is 4. The standard InChI is InChI=1S/C23H17N5OS/c1-14-10-11-16-5-2-8-17(20(16)28-14)29-22-19(24)23(27-13-26-22)30-18-9-3-6-15-7-4-12-25-21(15)18/h2-13H,24H2,1H3. The van der Waals surface area contributed by atoms with Gasteiger partial charge in [0.1, 0.15) is 22.6 Å². The maximum atomic E-state index is 6.39. The van der Waals surface area contributed by atoms with Crippen LogP contribution in [0.15, 0.2) is 83.1 Å². The molecule has 2 N–H and O–H groups in total. The number of anilines is 1. The fourth-order valence-corrected chi connectivity index (χ4v) is 4.11. The van der Waals surface area contributed by atoms with Gasteiger partial charge in [0, 0.05) is 27.6 Å². The molecule has 2 aromatic carbocycles. The summed E-state index contributed by atoms with van der Waals surface area (Å²) in [6.07, 6.45) is 3.23. The van der Waals surface area contributed by atoms with Gasteiger partial charge in [0.15, 0.2) is 5.75 Å². The van der Waals surface area contributed by atoms with Crippen molar-refractivity contribution in [1.29, 1.82) is 0 Å². The van der Waals surface area contributed by atoms with Crippen molar-refractivity contribution in [2.75, 3.05) is 5.73 Å². The summed E-state index contributed by atoms with van der Waals surface area (Å²) in [5.74, 6) is 0.904. The highest BCUT2D eigenvalue weighted by Crippen LogP contribution is 2.38. The van der Waals surface area contributed by atoms with E-state index in [1.807, 2.05) is 67.6 Å². The molecule has 0 aliphatic carbocycles. The van der Waals surface area contributed by atoms with Gasteiger partial charge in [0.2, 0.25) is 5.88 Å². The normalized spacial score (nSPS) is 11.1. The molecule has 0 saturated heterocycles. The number of nitrogens with two attached hydrogens (primary N) is 1. The van der Waals surface area contributed by atoms with Crippen LogP contribution in [-0.4, -0.2) is 19.9 Å². The Kier molecular flexibility index (Phi) is 4.65. The first-order valence-electron chi connectivity index (χ1n) is 9.35. The van der Waals surface area contributed by atoms with E-state index in [4.69, 9.17) is 10.5 Å². The molecule has 0 atom stereocenters. The van der Waals surface area contributed by atoms with Gasteiger partial charge in [-0.2, -0.15) is 4.98 Å². The monoisotopic (exact) mass is 411 g/mol. The van der Waals surface area contributed by atoms with E-state index in [0.717, 1.165) is 32.4 Å². The van der Waals surface area contributed by atoms with E-state index in [1.165, 1.54) is 18.1 Å². The van der Waals surface area contributed by atoms with Crippen molar-refractivity contribution in [1.82, 2.24) is 19.9 Å². The molecule has 0 amide bonds. The van der Waals surface area contributed by atoms with Crippen LogP contribution in [0.5, 0.6) is 11.6 Å². The fourth-order valence-electron chi connectivity index (χ4n) is 3.19. The summed E-state index contributed by atoms with van der Waals surface area (Å²) in [6.45, 7) is 1.95. The third-order valence-corrected chi connectivity index (χ3v) is 5.71. The highest BCUT2D eigenvalue weighted by atomic mass is 32.2. The lowest BCUT2D eigenvalue weighted by molar-refractivity contribution is 0.466. The van der Waals surface area contributed by atoms with Crippen LogP contribution >= 0.6 is 11.8 Å². The van der Waals surface area contributed by atoms with Crippen LogP contribution in [0.25, 0.3) is 21.8 Å². The third-order valence-electron chi connectivity index (χ3n) is 4.64. The van der Waals surface area contributed by atoms with E-state index >= 15 is 0 Å². The minimum atomic E-state index is 0.302. The molecule has 30 heavy (non-hydrogen) atoms. The van der Waals surface area contributed by atoms with Crippen molar-refractivity contribution in [2.24, 2.45) is 0 Å². The summed E-state index contributed by atoms with van der Waals surface area (Å²) in [5.41, 5.74) is 9.34. The smallest absolute Gasteiger partial charge is 0.247 e. The molecule has 6 nitrogen and oxygen atoms in total. The van der Waals surface area contributed by atoms with Crippen molar-refractivity contribution in [3.63, 3.8) is 0 Å². The summed E-state index contributed by atoms with van der Waals surface area (Å²) in [5, 5.41) is 2.66. The maximum absolute atomic E-state index is 6.39. The lowest BCUT2D eigenvalue weighted by Crippen LogP contribution is -2.00. The van der Waals surface area contributed by atoms with E-state index in [0.29, 0.717) is 22.3 Å². The Morgan fingerprint density at radius 3 is 2.53 bits per heavy atom. The molecule has 146 valence electrons. The minimum Gasteiger partial charge on any atom is -0.435 e. The lowest BCUT2D eigenvalue weighted by Gasteiger charge is -2.12. The van der Waals surface area contributed by atoms with Gasteiger partial charge < -0.3 is 10.5 Å². The van der Waals surface area contributed by atoms with E-state index in [1.54, 1.807) is 6.20 Å². The fraction of sp³-hybridized carbons (Fsp3) is 0.0435. The number of aryl methyl sites for hydroxylation is 1. The molecule has 0 bridgehead atoms. The second kappa shape index (κ2) is 7.61. The first-order chi connectivity index (χ1) is 14.7. The van der Waals surface area contributed by atoms with Crippen LogP contribution in [0.1, 0.15) is 5.69 Å². The largest absolute Gasteiger partial charge is 0.435 e. The van der Waals surface area contributed by atoms with Gasteiger partial charge in [-0.3, -0.25) is 4.98 Å². The Labute approximate surface area is 177 Å². The predicted molar refractivity (Wildman–Crippen MR) is 119 cm³/mol. The number of benzene rings is 2. The highest BCUT2D eigenvalue weighted by molar-refractivity contribution is 7.99. The topological polar surface area (TPSA) is 86.8 Å². The highest BCUT2D eigenvalue weighted by Gasteiger charge is 2.15. The SMILES string of the molecule is Cc1ccc2cccc(Oc3ncnc(Sc4cccc5cccnc45)c3N)c2n1. The Morgan fingerprint density at radius 2 is 1.63 bits per heavy atom. The Hall–Kier alpha value is -3.71. The maximum Gasteiger partial charge on any atom is 0.247 e. The Morgan fingerprint density at radius 1 is 0.833 bits per heavy atom. The van der Waals surface area contributed by atoms with E-state index < -0.39 is 0 Å². The van der Waals surface area contributed by atoms with E-state index in [9.17, 15) is 0 Å². The summed E-state index contributed by atoms with van der Waals surface area (Å²) in [4.78, 5) is 18.7. The number of pyridine rings is 2. The van der Waals surface area contributed by atoms with Gasteiger partial charge in [0.05, 0.1) is 5.52 Å². The molecule has 3 aromatic heterocycles. The molecule has 0 aliphatic heterocycles. The molecule has 0 fully saturated rings. The molecule has 0 spiro atoms. The average molecular weight is 411 g/mol. The number of rotatable bonds is 4. The molecule has 5 aromatic rings. The third kappa shape index (κ3) is 3.40. The van der Waals surface area contributed by atoms with Crippen molar-refractivity contribution in [2.45, 2.75) is 16.8 Å². The number of nitrogen functional groups attached to an aromatic ring is 1. The first-order valence-corrected chi connectivity index (χ1v) is 10.2. The summed E-state index contributed by atoms with van der Waals surface area (Å²) in [7, 11) is 0. The second-order valence-corrected chi connectivity index (χ2v) is 7.74. The van der Waals surface area contributed by atoms with Crippen LogP contribution in [0.2, 0.25) is 0 Å². The van der Waals surface area contributed by atoms with Crippen LogP contribution in [0.3, 0.4) is 0 Å². The van der Waals surface area contributed by atoms with Gasteiger partial charge in [-0.1, -0.05) is 48.2 Å². The zero-order chi connectivity index (χ0) is 20.5. The zero-order valence-corrected chi connectivity index (χ0v) is 16.9. The van der Waals surface area contributed by atoms with Crippen LogP contribution < -0.4 is 10.5 Å². The molecule has 0 radical (unpaired) electrons. The molecule has 0 saturated carbocycles. The van der Waals surface area contributed by atoms with E-state index in [-0.39, 0.29) is 0 Å². The number of aromatic nitrogens is 4. The van der Waals surface area contributed by atoms with Crippen molar-refractivity contribution in [3.05, 3.63) is 78.9 Å². The van der Waals surface area contributed by atoms with Gasteiger partial charge in [-0.15, -0.1) is 0 Å². The van der Waals surface area contributed by atoms with Gasteiger partial charge in [0.25, 0.3) is 0 Å². The number of para-hydroxylation sites is 2. The Bertz CT molecular complexity index is 1380. The molecule has 7 heteroatoms. The number of hydrogen-bond acceptors (Lipinski definition) is 7. The molecule has 0 aliphatic rings. The first kappa shape index (κ1) is 18.3. The van der Waals surface area contributed by atoms with Gasteiger partial charge >= 0.3 is 0 Å². The van der Waals surface area contributed by atoms with Gasteiger partial charge in [-0.05, 0) is 31.2 Å². The second-order valence-electron chi connectivity index (χ2n) is 6.71. The lowest BCUT2D eigenvalue weighted by atomic mass is 10.2. The molecular formula is C23H17N5OS. The van der Waals surface area contributed by atoms with Crippen molar-refractivity contribution >= 4 is 39.3 Å². The minimum absolute atomic E-state index is 0.302. The number of hydrogen-bond donors (Lipinski definition) is 1. The van der Waals surface area contributed by atoms with Crippen molar-refractivity contribution in [3.8, 4) is 11.6 Å². The van der Waals surface area contributed by atoms with Crippen LogP contribution in [0.4, 0.5) is 5.69 Å². The quantitative estimate of drug-likeness (QED) is 0.396.